The lowest BCUT2D eigenvalue weighted by molar-refractivity contribution is 0.0235. The minimum atomic E-state index is -1.35. The van der Waals surface area contributed by atoms with Gasteiger partial charge in [0.05, 0.1) is 17.8 Å². The third-order valence-corrected chi connectivity index (χ3v) is 6.27. The van der Waals surface area contributed by atoms with Crippen LogP contribution < -0.4 is 5.32 Å². The highest BCUT2D eigenvalue weighted by molar-refractivity contribution is 5.94. The predicted molar refractivity (Wildman–Crippen MR) is 137 cm³/mol. The maximum Gasteiger partial charge on any atom is 0.410 e. The number of rotatable bonds is 4. The molecule has 3 heterocycles. The molecule has 13 heteroatoms. The number of nitrogens with one attached hydrogen (secondary N) is 1. The fourth-order valence-corrected chi connectivity index (χ4v) is 4.41. The number of hydrogen-bond donors (Lipinski definition) is 1. The first-order valence-electron chi connectivity index (χ1n) is 12.9. The summed E-state index contributed by atoms with van der Waals surface area (Å²) in [6, 6.07) is 0.413. The maximum absolute atomic E-state index is 14.9. The topological polar surface area (TPSA) is 115 Å². The standard InChI is InChI=1S/C27H33F3N6O4/c1-14-31-24(40-34-14)21(26(2,3)4)33-23(37)20-19-13-35(25(38)39-27(5,6)7)9-8-10-36(19)22(32-20)15-11-17(29)18(30)12-16(15)28/h11-12,21H,8-10,13H2,1-7H3,(H,33,37). The lowest BCUT2D eigenvalue weighted by Crippen LogP contribution is -2.39. The molecule has 1 atom stereocenters. The summed E-state index contributed by atoms with van der Waals surface area (Å²) in [5.74, 6) is -3.79. The third kappa shape index (κ3) is 6.13. The van der Waals surface area contributed by atoms with Crippen molar-refractivity contribution in [2.45, 2.75) is 79.6 Å². The van der Waals surface area contributed by atoms with Gasteiger partial charge in [0.2, 0.25) is 5.89 Å². The Morgan fingerprint density at radius 3 is 2.30 bits per heavy atom. The molecule has 1 unspecified atom stereocenters. The molecule has 2 aromatic heterocycles. The molecule has 216 valence electrons. The van der Waals surface area contributed by atoms with Crippen molar-refractivity contribution in [1.82, 2.24) is 29.9 Å². The van der Waals surface area contributed by atoms with Gasteiger partial charge in [0, 0.05) is 19.2 Å². The first kappa shape index (κ1) is 29.1. The average Bonchev–Trinajstić information content (AvgIpc) is 3.33. The van der Waals surface area contributed by atoms with Crippen LogP contribution in [0.15, 0.2) is 16.7 Å². The summed E-state index contributed by atoms with van der Waals surface area (Å²) in [4.78, 5) is 36.8. The van der Waals surface area contributed by atoms with Gasteiger partial charge in [-0.05, 0) is 45.6 Å². The van der Waals surface area contributed by atoms with Gasteiger partial charge < -0.3 is 24.0 Å². The predicted octanol–water partition coefficient (Wildman–Crippen LogP) is 5.32. The molecule has 0 spiro atoms. The Labute approximate surface area is 229 Å². The van der Waals surface area contributed by atoms with E-state index in [1.807, 2.05) is 20.8 Å². The van der Waals surface area contributed by atoms with Gasteiger partial charge in [-0.3, -0.25) is 4.79 Å². The second-order valence-electron chi connectivity index (χ2n) is 11.8. The molecule has 0 fully saturated rings. The summed E-state index contributed by atoms with van der Waals surface area (Å²) in [5.41, 5.74) is -1.46. The number of aryl methyl sites for hydroxylation is 1. The van der Waals surface area contributed by atoms with Crippen molar-refractivity contribution in [1.29, 1.82) is 0 Å². The summed E-state index contributed by atoms with van der Waals surface area (Å²) >= 11 is 0. The van der Waals surface area contributed by atoms with Gasteiger partial charge >= 0.3 is 6.09 Å². The number of benzene rings is 1. The van der Waals surface area contributed by atoms with Crippen molar-refractivity contribution in [2.75, 3.05) is 6.54 Å². The smallest absolute Gasteiger partial charge is 0.410 e. The first-order chi connectivity index (χ1) is 18.5. The number of halogens is 3. The van der Waals surface area contributed by atoms with Crippen molar-refractivity contribution in [3.05, 3.63) is 52.7 Å². The molecule has 4 rings (SSSR count). The second-order valence-corrected chi connectivity index (χ2v) is 11.8. The Hall–Kier alpha value is -3.90. The van der Waals surface area contributed by atoms with E-state index in [4.69, 9.17) is 9.26 Å². The summed E-state index contributed by atoms with van der Waals surface area (Å²) in [5, 5.41) is 6.70. The molecule has 10 nitrogen and oxygen atoms in total. The van der Waals surface area contributed by atoms with E-state index < -0.39 is 46.5 Å². The Balaban J connectivity index is 1.81. The largest absolute Gasteiger partial charge is 0.444 e. The number of nitrogens with zero attached hydrogens (tertiary/aromatic N) is 5. The molecule has 0 radical (unpaired) electrons. The van der Waals surface area contributed by atoms with E-state index in [2.05, 4.69) is 20.4 Å². The SMILES string of the molecule is Cc1noc(C(NC(=O)c2nc(-c3cc(F)c(F)cc3F)n3c2CN(C(=O)OC(C)(C)C)CCC3)C(C)(C)C)n1. The molecule has 0 saturated carbocycles. The van der Waals surface area contributed by atoms with E-state index in [-0.39, 0.29) is 48.3 Å². The van der Waals surface area contributed by atoms with Crippen molar-refractivity contribution in [3.8, 4) is 11.4 Å². The van der Waals surface area contributed by atoms with E-state index in [1.54, 1.807) is 32.3 Å². The molecular formula is C27H33F3N6O4. The molecule has 1 aliphatic heterocycles. The molecule has 0 bridgehead atoms. The molecule has 0 saturated heterocycles. The lowest BCUT2D eigenvalue weighted by Gasteiger charge is -2.28. The quantitative estimate of drug-likeness (QED) is 0.428. The Kier molecular flexibility index (Phi) is 7.70. The second kappa shape index (κ2) is 10.6. The van der Waals surface area contributed by atoms with Crippen LogP contribution in [-0.4, -0.2) is 48.7 Å². The van der Waals surface area contributed by atoms with Gasteiger partial charge in [0.15, 0.2) is 23.2 Å². The van der Waals surface area contributed by atoms with Crippen LogP contribution in [0.3, 0.4) is 0 Å². The van der Waals surface area contributed by atoms with Crippen molar-refractivity contribution < 1.29 is 32.0 Å². The number of fused-ring (bicyclic) bond motifs is 1. The molecule has 0 aliphatic carbocycles. The van der Waals surface area contributed by atoms with Crippen molar-refractivity contribution in [2.24, 2.45) is 5.41 Å². The number of ether oxygens (including phenoxy) is 1. The van der Waals surface area contributed by atoms with Crippen LogP contribution in [0.25, 0.3) is 11.4 Å². The average molecular weight is 563 g/mol. The zero-order valence-corrected chi connectivity index (χ0v) is 23.6. The maximum atomic E-state index is 14.9. The van der Waals surface area contributed by atoms with Gasteiger partial charge in [-0.15, -0.1) is 0 Å². The minimum absolute atomic E-state index is 0.0662. The Bertz CT molecular complexity index is 1440. The number of imidazole rings is 1. The minimum Gasteiger partial charge on any atom is -0.444 e. The number of amides is 2. The van der Waals surface area contributed by atoms with Crippen LogP contribution in [-0.2, 0) is 17.8 Å². The van der Waals surface area contributed by atoms with Gasteiger partial charge in [-0.1, -0.05) is 25.9 Å². The lowest BCUT2D eigenvalue weighted by atomic mass is 9.86. The van der Waals surface area contributed by atoms with Gasteiger partial charge in [-0.2, -0.15) is 4.98 Å². The van der Waals surface area contributed by atoms with E-state index in [0.29, 0.717) is 24.4 Å². The highest BCUT2D eigenvalue weighted by Crippen LogP contribution is 2.34. The number of carbonyl (C=O) groups is 2. The number of carbonyl (C=O) groups excluding carboxylic acids is 2. The molecule has 3 aromatic rings. The van der Waals surface area contributed by atoms with Gasteiger partial charge in [0.1, 0.15) is 23.3 Å². The first-order valence-corrected chi connectivity index (χ1v) is 12.9. The summed E-state index contributed by atoms with van der Waals surface area (Å²) in [6.07, 6.45) is -0.184. The van der Waals surface area contributed by atoms with Gasteiger partial charge in [-0.25, -0.2) is 22.9 Å². The molecule has 1 aromatic carbocycles. The Morgan fingerprint density at radius 2 is 1.70 bits per heavy atom. The number of hydrogen-bond acceptors (Lipinski definition) is 7. The molecular weight excluding hydrogens is 529 g/mol. The zero-order valence-electron chi connectivity index (χ0n) is 23.6. The monoisotopic (exact) mass is 562 g/mol. The van der Waals surface area contributed by atoms with Gasteiger partial charge in [0.25, 0.3) is 5.91 Å². The van der Waals surface area contributed by atoms with Crippen molar-refractivity contribution >= 4 is 12.0 Å². The van der Waals surface area contributed by atoms with Crippen LogP contribution in [0.5, 0.6) is 0 Å². The fourth-order valence-electron chi connectivity index (χ4n) is 4.41. The fraction of sp³-hybridized carbons (Fsp3) is 0.519. The van der Waals surface area contributed by atoms with E-state index >= 15 is 0 Å². The van der Waals surface area contributed by atoms with Crippen LogP contribution in [0.1, 0.15) is 81.9 Å². The third-order valence-electron chi connectivity index (χ3n) is 6.27. The summed E-state index contributed by atoms with van der Waals surface area (Å²) in [6.45, 7) is 12.9. The molecule has 1 N–H and O–H groups in total. The van der Waals surface area contributed by atoms with E-state index in [0.717, 1.165) is 0 Å². The van der Waals surface area contributed by atoms with E-state index in [9.17, 15) is 22.8 Å². The summed E-state index contributed by atoms with van der Waals surface area (Å²) in [7, 11) is 0. The zero-order chi connectivity index (χ0) is 29.6. The molecule has 2 amide bonds. The summed E-state index contributed by atoms with van der Waals surface area (Å²) < 4.78 is 55.2. The van der Waals surface area contributed by atoms with Crippen LogP contribution in [0.4, 0.5) is 18.0 Å². The normalized spacial score (nSPS) is 14.9. The highest BCUT2D eigenvalue weighted by Gasteiger charge is 2.36. The van der Waals surface area contributed by atoms with Crippen LogP contribution in [0, 0.1) is 29.8 Å². The molecule has 1 aliphatic rings. The van der Waals surface area contributed by atoms with E-state index in [1.165, 1.54) is 4.90 Å². The van der Waals surface area contributed by atoms with Crippen LogP contribution in [0.2, 0.25) is 0 Å². The number of aromatic nitrogens is 4. The van der Waals surface area contributed by atoms with Crippen LogP contribution >= 0.6 is 0 Å². The molecule has 40 heavy (non-hydrogen) atoms. The Morgan fingerprint density at radius 1 is 1.02 bits per heavy atom. The van der Waals surface area contributed by atoms with Crippen molar-refractivity contribution in [3.63, 3.8) is 0 Å². The highest BCUT2D eigenvalue weighted by atomic mass is 19.2.